The summed E-state index contributed by atoms with van der Waals surface area (Å²) < 4.78 is 1.76. The zero-order valence-electron chi connectivity index (χ0n) is 15.3. The van der Waals surface area contributed by atoms with E-state index in [9.17, 15) is 14.9 Å². The van der Waals surface area contributed by atoms with Gasteiger partial charge in [0.25, 0.3) is 5.69 Å². The normalized spacial score (nSPS) is 17.5. The predicted molar refractivity (Wildman–Crippen MR) is 106 cm³/mol. The number of amides is 1. The third-order valence-electron chi connectivity index (χ3n) is 5.09. The lowest BCUT2D eigenvalue weighted by Crippen LogP contribution is -2.41. The number of non-ortho nitro benzene ring substituents is 1. The Labute approximate surface area is 161 Å². The largest absolute Gasteiger partial charge is 0.326 e. The number of hydrogen-bond acceptors (Lipinski definition) is 5. The first-order valence-electron chi connectivity index (χ1n) is 9.28. The molecule has 2 aromatic carbocycles. The number of nitrogens with zero attached hydrogens (tertiary/aromatic N) is 4. The molecule has 1 aliphatic heterocycles. The molecule has 8 heteroatoms. The number of fused-ring (bicyclic) bond motifs is 1. The molecule has 0 aliphatic carbocycles. The van der Waals surface area contributed by atoms with Gasteiger partial charge < -0.3 is 5.32 Å². The van der Waals surface area contributed by atoms with Crippen molar-refractivity contribution in [1.29, 1.82) is 0 Å². The van der Waals surface area contributed by atoms with E-state index in [4.69, 9.17) is 0 Å². The molecule has 8 nitrogen and oxygen atoms in total. The number of hydrogen-bond donors (Lipinski definition) is 1. The number of aromatic nitrogens is 2. The molecule has 1 aromatic heterocycles. The van der Waals surface area contributed by atoms with Gasteiger partial charge in [0.05, 0.1) is 29.2 Å². The van der Waals surface area contributed by atoms with Crippen LogP contribution in [0.5, 0.6) is 0 Å². The lowest BCUT2D eigenvalue weighted by atomic mass is 9.97. The minimum atomic E-state index is -0.401. The molecule has 1 saturated heterocycles. The summed E-state index contributed by atoms with van der Waals surface area (Å²) >= 11 is 0. The van der Waals surface area contributed by atoms with Crippen LogP contribution in [-0.2, 0) is 11.5 Å². The number of carbonyl (C=O) groups excluding carboxylic acids is 1. The maximum absolute atomic E-state index is 12.6. The summed E-state index contributed by atoms with van der Waals surface area (Å²) in [5, 5.41) is 19.3. The quantitative estimate of drug-likeness (QED) is 0.542. The van der Waals surface area contributed by atoms with E-state index in [2.05, 4.69) is 15.3 Å². The third-order valence-corrected chi connectivity index (χ3v) is 5.09. The van der Waals surface area contributed by atoms with Crippen molar-refractivity contribution >= 4 is 28.2 Å². The topological polar surface area (TPSA) is 93.3 Å². The van der Waals surface area contributed by atoms with Crippen LogP contribution >= 0.6 is 0 Å². The van der Waals surface area contributed by atoms with Crippen molar-refractivity contribution in [1.82, 2.24) is 14.7 Å². The Kier molecular flexibility index (Phi) is 5.03. The highest BCUT2D eigenvalue weighted by molar-refractivity contribution is 5.92. The Morgan fingerprint density at radius 1 is 1.25 bits per heavy atom. The van der Waals surface area contributed by atoms with E-state index in [0.717, 1.165) is 36.0 Å². The molecule has 4 rings (SSSR count). The second-order valence-electron chi connectivity index (χ2n) is 7.06. The number of benzene rings is 2. The van der Waals surface area contributed by atoms with Crippen LogP contribution in [0.1, 0.15) is 12.8 Å². The van der Waals surface area contributed by atoms with E-state index in [0.29, 0.717) is 13.2 Å². The van der Waals surface area contributed by atoms with Gasteiger partial charge in [-0.25, -0.2) is 0 Å². The minimum Gasteiger partial charge on any atom is -0.326 e. The van der Waals surface area contributed by atoms with Gasteiger partial charge in [0.2, 0.25) is 5.91 Å². The number of likely N-dealkylation sites (tertiary alicyclic amines) is 1. The van der Waals surface area contributed by atoms with Gasteiger partial charge in [-0.3, -0.25) is 24.5 Å². The van der Waals surface area contributed by atoms with Gasteiger partial charge in [-0.15, -0.1) is 0 Å². The first kappa shape index (κ1) is 18.1. The maximum Gasteiger partial charge on any atom is 0.271 e. The van der Waals surface area contributed by atoms with Crippen molar-refractivity contribution in [2.45, 2.75) is 19.5 Å². The molecular weight excluding hydrogens is 358 g/mol. The van der Waals surface area contributed by atoms with Crippen LogP contribution in [-0.4, -0.2) is 38.6 Å². The van der Waals surface area contributed by atoms with Gasteiger partial charge in [-0.2, -0.15) is 5.10 Å². The molecule has 1 fully saturated rings. The number of nitro benzene ring substituents is 1. The monoisotopic (exact) mass is 379 g/mol. The van der Waals surface area contributed by atoms with Crippen LogP contribution < -0.4 is 5.32 Å². The molecule has 0 saturated carbocycles. The summed E-state index contributed by atoms with van der Waals surface area (Å²) in [5.74, 6) is -0.0676. The molecule has 144 valence electrons. The second kappa shape index (κ2) is 7.77. The van der Waals surface area contributed by atoms with Gasteiger partial charge in [-0.05, 0) is 37.6 Å². The first-order valence-corrected chi connectivity index (χ1v) is 9.28. The second-order valence-corrected chi connectivity index (χ2v) is 7.06. The molecule has 2 heterocycles. The van der Waals surface area contributed by atoms with Crippen molar-refractivity contribution in [3.63, 3.8) is 0 Å². The van der Waals surface area contributed by atoms with Crippen LogP contribution in [0, 0.1) is 16.0 Å². The summed E-state index contributed by atoms with van der Waals surface area (Å²) in [6.45, 7) is 2.00. The lowest BCUT2D eigenvalue weighted by Gasteiger charge is -2.31. The van der Waals surface area contributed by atoms with Gasteiger partial charge in [-0.1, -0.05) is 18.2 Å². The van der Waals surface area contributed by atoms with Crippen LogP contribution in [0.25, 0.3) is 10.9 Å². The van der Waals surface area contributed by atoms with Crippen LogP contribution in [0.2, 0.25) is 0 Å². The Hall–Kier alpha value is -3.26. The molecule has 1 amide bonds. The summed E-state index contributed by atoms with van der Waals surface area (Å²) in [6.07, 6.45) is 3.48. The van der Waals surface area contributed by atoms with Crippen LogP contribution in [0.4, 0.5) is 11.4 Å². The maximum atomic E-state index is 12.6. The number of piperidine rings is 1. The third kappa shape index (κ3) is 3.86. The number of carbonyl (C=O) groups is 1. The first-order chi connectivity index (χ1) is 13.6. The van der Waals surface area contributed by atoms with Crippen molar-refractivity contribution in [3.8, 4) is 0 Å². The Morgan fingerprint density at radius 2 is 2.07 bits per heavy atom. The van der Waals surface area contributed by atoms with E-state index in [-0.39, 0.29) is 17.5 Å². The fraction of sp³-hybridized carbons (Fsp3) is 0.300. The van der Waals surface area contributed by atoms with Crippen molar-refractivity contribution < 1.29 is 9.72 Å². The molecule has 28 heavy (non-hydrogen) atoms. The minimum absolute atomic E-state index is 0.0249. The van der Waals surface area contributed by atoms with Crippen molar-refractivity contribution in [2.24, 2.45) is 5.92 Å². The zero-order chi connectivity index (χ0) is 19.5. The highest BCUT2D eigenvalue weighted by atomic mass is 16.6. The number of para-hydroxylation sites is 1. The average molecular weight is 379 g/mol. The summed E-state index contributed by atoms with van der Waals surface area (Å²) in [5.41, 5.74) is 1.58. The molecule has 1 atom stereocenters. The number of nitro groups is 1. The molecule has 1 aliphatic rings. The standard InChI is InChI=1S/C20H21N5O3/c26-20(22-17-6-2-1-3-7-17)16-5-4-10-23(13-16)14-24-19-11-18(25(27)28)9-8-15(19)12-21-24/h1-3,6-9,11-12,16H,4-5,10,13-14H2,(H,22,26). The van der Waals surface area contributed by atoms with Gasteiger partial charge in [0, 0.05) is 29.8 Å². The SMILES string of the molecule is O=C(Nc1ccccc1)C1CCCN(Cn2ncc3ccc([N+](=O)[O-])cc32)C1. The summed E-state index contributed by atoms with van der Waals surface area (Å²) in [4.78, 5) is 25.4. The number of rotatable bonds is 5. The fourth-order valence-corrected chi connectivity index (χ4v) is 3.64. The highest BCUT2D eigenvalue weighted by Crippen LogP contribution is 2.23. The molecule has 0 spiro atoms. The van der Waals surface area contributed by atoms with Gasteiger partial charge in [0.15, 0.2) is 0 Å². The molecule has 3 aromatic rings. The molecule has 1 N–H and O–H groups in total. The van der Waals surface area contributed by atoms with E-state index in [1.807, 2.05) is 30.3 Å². The van der Waals surface area contributed by atoms with Crippen LogP contribution in [0.15, 0.2) is 54.7 Å². The predicted octanol–water partition coefficient (Wildman–Crippen LogP) is 3.25. The summed E-state index contributed by atoms with van der Waals surface area (Å²) in [6, 6.07) is 14.2. The van der Waals surface area contributed by atoms with Gasteiger partial charge >= 0.3 is 0 Å². The molecule has 0 radical (unpaired) electrons. The van der Waals surface area contributed by atoms with E-state index >= 15 is 0 Å². The summed E-state index contributed by atoms with van der Waals surface area (Å²) in [7, 11) is 0. The Balaban J connectivity index is 1.45. The van der Waals surface area contributed by atoms with Crippen LogP contribution in [0.3, 0.4) is 0 Å². The Morgan fingerprint density at radius 3 is 2.86 bits per heavy atom. The molecule has 0 bridgehead atoms. The van der Waals surface area contributed by atoms with E-state index in [1.165, 1.54) is 6.07 Å². The molecular formula is C20H21N5O3. The highest BCUT2D eigenvalue weighted by Gasteiger charge is 2.26. The number of anilines is 1. The van der Waals surface area contributed by atoms with E-state index < -0.39 is 4.92 Å². The van der Waals surface area contributed by atoms with Crippen molar-refractivity contribution in [3.05, 3.63) is 64.8 Å². The smallest absolute Gasteiger partial charge is 0.271 e. The average Bonchev–Trinajstić information content (AvgIpc) is 3.11. The van der Waals surface area contributed by atoms with Crippen molar-refractivity contribution in [2.75, 3.05) is 18.4 Å². The lowest BCUT2D eigenvalue weighted by molar-refractivity contribution is -0.384. The Bertz CT molecular complexity index is 1000. The van der Waals surface area contributed by atoms with E-state index in [1.54, 1.807) is 23.0 Å². The fourth-order valence-electron chi connectivity index (χ4n) is 3.64. The number of nitrogens with one attached hydrogen (secondary N) is 1. The molecule has 1 unspecified atom stereocenters. The zero-order valence-corrected chi connectivity index (χ0v) is 15.3. The van der Waals surface area contributed by atoms with Gasteiger partial charge in [0.1, 0.15) is 0 Å².